The molecule has 0 radical (unpaired) electrons. The molecule has 0 saturated carbocycles. The number of esters is 2. The Hall–Kier alpha value is -2.66. The number of allylic oxidation sites excluding steroid dienone is 12. The average Bonchev–Trinajstić information content (AvgIpc) is 2.99. The van der Waals surface area contributed by atoms with Crippen molar-refractivity contribution in [2.75, 3.05) is 13.2 Å². The summed E-state index contributed by atoms with van der Waals surface area (Å²) in [4.78, 5) is 24.1. The maximum Gasteiger partial charge on any atom is 0.306 e. The summed E-state index contributed by atoms with van der Waals surface area (Å²) >= 11 is 0. The third-order valence-electron chi connectivity index (χ3n) is 6.48. The van der Waals surface area contributed by atoms with Crippen LogP contribution in [0.3, 0.4) is 0 Å². The molecular weight excluding hydrogens is 524 g/mol. The van der Waals surface area contributed by atoms with Gasteiger partial charge in [-0.15, -0.1) is 0 Å². The summed E-state index contributed by atoms with van der Waals surface area (Å²) in [5, 5.41) is 9.49. The molecule has 5 heteroatoms. The van der Waals surface area contributed by atoms with Crippen molar-refractivity contribution < 1.29 is 24.2 Å². The molecule has 0 aliphatic carbocycles. The molecule has 0 saturated heterocycles. The molecule has 1 N–H and O–H groups in total. The lowest BCUT2D eigenvalue weighted by Gasteiger charge is -2.15. The van der Waals surface area contributed by atoms with E-state index in [1.54, 1.807) is 0 Å². The Bertz CT molecular complexity index is 803. The van der Waals surface area contributed by atoms with Crippen LogP contribution in [-0.2, 0) is 19.1 Å². The molecule has 0 aromatic rings. The molecule has 0 heterocycles. The summed E-state index contributed by atoms with van der Waals surface area (Å²) in [6, 6.07) is 0. The van der Waals surface area contributed by atoms with Crippen LogP contribution < -0.4 is 0 Å². The minimum Gasteiger partial charge on any atom is -0.462 e. The van der Waals surface area contributed by atoms with Crippen LogP contribution in [0, 0.1) is 0 Å². The zero-order valence-corrected chi connectivity index (χ0v) is 26.7. The van der Waals surface area contributed by atoms with Gasteiger partial charge in [-0.1, -0.05) is 119 Å². The highest BCUT2D eigenvalue weighted by Gasteiger charge is 2.15. The van der Waals surface area contributed by atoms with Crippen molar-refractivity contribution in [1.82, 2.24) is 0 Å². The van der Waals surface area contributed by atoms with Gasteiger partial charge in [0.05, 0.1) is 6.61 Å². The first-order chi connectivity index (χ1) is 20.6. The Morgan fingerprint density at radius 2 is 1.05 bits per heavy atom. The van der Waals surface area contributed by atoms with Gasteiger partial charge in [0.2, 0.25) is 0 Å². The number of carbonyl (C=O) groups excluding carboxylic acids is 2. The van der Waals surface area contributed by atoms with Crippen LogP contribution in [-0.4, -0.2) is 36.4 Å². The third-order valence-corrected chi connectivity index (χ3v) is 6.48. The number of carbonyl (C=O) groups is 2. The Labute approximate surface area is 257 Å². The Kier molecular flexibility index (Phi) is 30.8. The second-order valence-corrected chi connectivity index (χ2v) is 10.5. The summed E-state index contributed by atoms with van der Waals surface area (Å²) in [5.74, 6) is -0.681. The molecule has 0 aliphatic rings. The van der Waals surface area contributed by atoms with Crippen molar-refractivity contribution in [3.05, 3.63) is 72.9 Å². The fraction of sp³-hybridized carbons (Fsp3) is 0.622. The van der Waals surface area contributed by atoms with Crippen molar-refractivity contribution in [1.29, 1.82) is 0 Å². The van der Waals surface area contributed by atoms with Crippen molar-refractivity contribution in [2.45, 2.75) is 136 Å². The Morgan fingerprint density at radius 1 is 0.571 bits per heavy atom. The van der Waals surface area contributed by atoms with E-state index < -0.39 is 6.10 Å². The van der Waals surface area contributed by atoms with Crippen molar-refractivity contribution in [2.24, 2.45) is 0 Å². The molecule has 0 aromatic carbocycles. The topological polar surface area (TPSA) is 72.8 Å². The van der Waals surface area contributed by atoms with Gasteiger partial charge in [0, 0.05) is 12.8 Å². The fourth-order valence-corrected chi connectivity index (χ4v) is 3.98. The van der Waals surface area contributed by atoms with Gasteiger partial charge in [0.15, 0.2) is 6.10 Å². The first-order valence-electron chi connectivity index (χ1n) is 16.5. The molecular formula is C37H60O5. The van der Waals surface area contributed by atoms with Gasteiger partial charge in [-0.2, -0.15) is 0 Å². The highest BCUT2D eigenvalue weighted by Crippen LogP contribution is 2.09. The standard InChI is InChI=1S/C37H60O5/c1-3-5-7-9-11-13-15-16-17-18-19-20-22-24-26-28-30-32-37(40)42-35(33-38)34-41-36(39)31-29-27-25-23-21-14-12-10-8-6-4-2/h5,7,10-13,16-17,19-20,24,26,35,38H,3-4,6,8-9,14-15,18,21-23,25,27-34H2,1-2H3/b7-5-,12-10-,13-11-,17-16-,20-19-,26-24-/t35-/m0/s1. The lowest BCUT2D eigenvalue weighted by molar-refractivity contribution is -0.161. The van der Waals surface area contributed by atoms with Crippen LogP contribution in [0.25, 0.3) is 0 Å². The first kappa shape index (κ1) is 39.3. The van der Waals surface area contributed by atoms with Crippen LogP contribution >= 0.6 is 0 Å². The zero-order chi connectivity index (χ0) is 30.8. The maximum atomic E-state index is 12.1. The second kappa shape index (κ2) is 32.8. The number of hydrogen-bond donors (Lipinski definition) is 1. The van der Waals surface area contributed by atoms with Gasteiger partial charge >= 0.3 is 11.9 Å². The van der Waals surface area contributed by atoms with Gasteiger partial charge in [0.25, 0.3) is 0 Å². The van der Waals surface area contributed by atoms with Crippen molar-refractivity contribution >= 4 is 11.9 Å². The van der Waals surface area contributed by atoms with Gasteiger partial charge in [-0.05, 0) is 70.6 Å². The summed E-state index contributed by atoms with van der Waals surface area (Å²) in [7, 11) is 0. The largest absolute Gasteiger partial charge is 0.462 e. The van der Waals surface area contributed by atoms with Crippen LogP contribution in [0.15, 0.2) is 72.9 Å². The zero-order valence-electron chi connectivity index (χ0n) is 26.7. The molecule has 5 nitrogen and oxygen atoms in total. The Balaban J connectivity index is 3.76. The van der Waals surface area contributed by atoms with E-state index in [1.807, 2.05) is 0 Å². The van der Waals surface area contributed by atoms with Crippen LogP contribution in [0.2, 0.25) is 0 Å². The van der Waals surface area contributed by atoms with E-state index in [0.29, 0.717) is 12.8 Å². The number of aliphatic hydroxyl groups is 1. The molecule has 42 heavy (non-hydrogen) atoms. The summed E-state index contributed by atoms with van der Waals surface area (Å²) in [6.07, 6.45) is 42.4. The maximum absolute atomic E-state index is 12.1. The van der Waals surface area contributed by atoms with E-state index in [9.17, 15) is 14.7 Å². The van der Waals surface area contributed by atoms with Gasteiger partial charge < -0.3 is 14.6 Å². The molecule has 0 amide bonds. The smallest absolute Gasteiger partial charge is 0.306 e. The van der Waals surface area contributed by atoms with Gasteiger partial charge in [-0.3, -0.25) is 9.59 Å². The molecule has 0 aromatic heterocycles. The number of ether oxygens (including phenoxy) is 2. The monoisotopic (exact) mass is 584 g/mol. The molecule has 0 fully saturated rings. The van der Waals surface area contributed by atoms with Crippen molar-refractivity contribution in [3.63, 3.8) is 0 Å². The summed E-state index contributed by atoms with van der Waals surface area (Å²) in [6.45, 7) is 3.89. The van der Waals surface area contributed by atoms with Crippen LogP contribution in [0.5, 0.6) is 0 Å². The lowest BCUT2D eigenvalue weighted by atomic mass is 10.1. The molecule has 1 atom stereocenters. The predicted octanol–water partition coefficient (Wildman–Crippen LogP) is 9.83. The number of unbranched alkanes of at least 4 members (excludes halogenated alkanes) is 8. The second-order valence-electron chi connectivity index (χ2n) is 10.5. The van der Waals surface area contributed by atoms with Crippen molar-refractivity contribution in [3.8, 4) is 0 Å². The minimum absolute atomic E-state index is 0.0970. The third kappa shape index (κ3) is 30.3. The lowest BCUT2D eigenvalue weighted by Crippen LogP contribution is -2.28. The highest BCUT2D eigenvalue weighted by molar-refractivity contribution is 5.70. The molecule has 238 valence electrons. The van der Waals surface area contributed by atoms with E-state index in [-0.39, 0.29) is 31.6 Å². The highest BCUT2D eigenvalue weighted by atomic mass is 16.6. The van der Waals surface area contributed by atoms with E-state index in [2.05, 4.69) is 86.8 Å². The first-order valence-corrected chi connectivity index (χ1v) is 16.5. The number of rotatable bonds is 28. The normalized spacial score (nSPS) is 13.1. The van der Waals surface area contributed by atoms with E-state index in [1.165, 1.54) is 32.1 Å². The van der Waals surface area contributed by atoms with Crippen LogP contribution in [0.4, 0.5) is 0 Å². The van der Waals surface area contributed by atoms with Gasteiger partial charge in [0.1, 0.15) is 6.61 Å². The molecule has 0 bridgehead atoms. The summed E-state index contributed by atoms with van der Waals surface area (Å²) < 4.78 is 10.5. The molecule has 0 spiro atoms. The molecule has 0 rings (SSSR count). The molecule has 0 unspecified atom stereocenters. The van der Waals surface area contributed by atoms with E-state index in [4.69, 9.17) is 9.47 Å². The Morgan fingerprint density at radius 3 is 1.64 bits per heavy atom. The van der Waals surface area contributed by atoms with Crippen LogP contribution in [0.1, 0.15) is 129 Å². The number of hydrogen-bond acceptors (Lipinski definition) is 5. The van der Waals surface area contributed by atoms with Gasteiger partial charge in [-0.25, -0.2) is 0 Å². The fourth-order valence-electron chi connectivity index (χ4n) is 3.98. The predicted molar refractivity (Wildman–Crippen MR) is 177 cm³/mol. The van der Waals surface area contributed by atoms with E-state index in [0.717, 1.165) is 64.2 Å². The SMILES string of the molecule is CC/C=C\C/C=C\C/C=C\C/C=C\C/C=C\CCCC(=O)O[C@@H](CO)COC(=O)CCCCCCC/C=C\CCCC. The number of aliphatic hydroxyl groups excluding tert-OH is 1. The van der Waals surface area contributed by atoms with E-state index >= 15 is 0 Å². The summed E-state index contributed by atoms with van der Waals surface area (Å²) in [5.41, 5.74) is 0. The average molecular weight is 585 g/mol. The minimum atomic E-state index is -0.805. The molecule has 0 aliphatic heterocycles. The quantitative estimate of drug-likeness (QED) is 0.0563.